The highest BCUT2D eigenvalue weighted by Gasteiger charge is 2.22. The van der Waals surface area contributed by atoms with E-state index in [0.29, 0.717) is 37.7 Å². The molecule has 0 aliphatic carbocycles. The quantitative estimate of drug-likeness (QED) is 0.859. The molecule has 1 aromatic carbocycles. The number of aromatic nitrogens is 2. The zero-order valence-corrected chi connectivity index (χ0v) is 14.4. The van der Waals surface area contributed by atoms with Crippen LogP contribution < -0.4 is 5.32 Å². The van der Waals surface area contributed by atoms with Gasteiger partial charge in [0.1, 0.15) is 11.5 Å². The van der Waals surface area contributed by atoms with Gasteiger partial charge in [-0.25, -0.2) is 9.97 Å². The molecule has 25 heavy (non-hydrogen) atoms. The Morgan fingerprint density at radius 1 is 1.12 bits per heavy atom. The molecule has 0 unspecified atom stereocenters. The zero-order valence-electron chi connectivity index (χ0n) is 14.4. The summed E-state index contributed by atoms with van der Waals surface area (Å²) < 4.78 is 0. The second-order valence-electron chi connectivity index (χ2n) is 6.16. The molecule has 7 nitrogen and oxygen atoms in total. The first-order valence-electron chi connectivity index (χ1n) is 8.22. The van der Waals surface area contributed by atoms with Crippen LogP contribution >= 0.6 is 0 Å². The molecule has 2 heterocycles. The molecule has 1 N–H and O–H groups in total. The summed E-state index contributed by atoms with van der Waals surface area (Å²) in [5.41, 5.74) is 3.59. The average Bonchev–Trinajstić information content (AvgIpc) is 2.64. The maximum atomic E-state index is 12.5. The number of nitrogens with one attached hydrogen (secondary N) is 1. The smallest absolute Gasteiger partial charge is 0.274 e. The van der Waals surface area contributed by atoms with Crippen LogP contribution in [0.4, 0.5) is 11.5 Å². The minimum Gasteiger partial charge on any atom is -0.342 e. The van der Waals surface area contributed by atoms with Crippen molar-refractivity contribution in [2.24, 2.45) is 0 Å². The normalized spacial score (nSPS) is 14.3. The molecular formula is C18H21N5O2. The van der Waals surface area contributed by atoms with Crippen LogP contribution in [0.25, 0.3) is 0 Å². The van der Waals surface area contributed by atoms with Gasteiger partial charge in [0.05, 0.1) is 12.4 Å². The van der Waals surface area contributed by atoms with Gasteiger partial charge in [0, 0.05) is 31.9 Å². The molecule has 0 saturated carbocycles. The van der Waals surface area contributed by atoms with E-state index in [4.69, 9.17) is 0 Å². The topological polar surface area (TPSA) is 78.4 Å². The van der Waals surface area contributed by atoms with E-state index >= 15 is 0 Å². The Bertz CT molecular complexity index is 768. The largest absolute Gasteiger partial charge is 0.342 e. The van der Waals surface area contributed by atoms with Crippen LogP contribution in [0, 0.1) is 13.8 Å². The average molecular weight is 339 g/mol. The van der Waals surface area contributed by atoms with Crippen LogP contribution in [0.1, 0.15) is 21.6 Å². The molecular weight excluding hydrogens is 318 g/mol. The summed E-state index contributed by atoms with van der Waals surface area (Å²) in [7, 11) is 0. The number of rotatable bonds is 4. The number of hydrogen-bond donors (Lipinski definition) is 1. The van der Waals surface area contributed by atoms with Crippen LogP contribution in [0.3, 0.4) is 0 Å². The highest BCUT2D eigenvalue weighted by atomic mass is 16.2. The minimum atomic E-state index is -0.156. The van der Waals surface area contributed by atoms with Gasteiger partial charge in [-0.2, -0.15) is 0 Å². The van der Waals surface area contributed by atoms with Crippen molar-refractivity contribution < 1.29 is 9.59 Å². The van der Waals surface area contributed by atoms with Crippen LogP contribution in [-0.4, -0.2) is 58.3 Å². The Balaban J connectivity index is 1.65. The van der Waals surface area contributed by atoms with Crippen LogP contribution in [0.15, 0.2) is 30.6 Å². The van der Waals surface area contributed by atoms with Crippen LogP contribution in [-0.2, 0) is 4.79 Å². The van der Waals surface area contributed by atoms with Gasteiger partial charge in [-0.15, -0.1) is 0 Å². The molecule has 0 atom stereocenters. The third-order valence-corrected chi connectivity index (χ3v) is 4.27. The highest BCUT2D eigenvalue weighted by Crippen LogP contribution is 2.20. The van der Waals surface area contributed by atoms with Crippen molar-refractivity contribution in [2.75, 3.05) is 31.5 Å². The predicted octanol–water partition coefficient (Wildman–Crippen LogP) is 1.75. The van der Waals surface area contributed by atoms with E-state index in [9.17, 15) is 9.59 Å². The van der Waals surface area contributed by atoms with Crippen molar-refractivity contribution >= 4 is 23.8 Å². The molecule has 3 rings (SSSR count). The van der Waals surface area contributed by atoms with E-state index in [1.54, 1.807) is 16.0 Å². The van der Waals surface area contributed by atoms with Gasteiger partial charge in [-0.05, 0) is 25.5 Å². The molecule has 130 valence electrons. The Kier molecular flexibility index (Phi) is 4.92. The number of benzene rings is 1. The van der Waals surface area contributed by atoms with Crippen LogP contribution in [0.5, 0.6) is 0 Å². The summed E-state index contributed by atoms with van der Waals surface area (Å²) >= 11 is 0. The minimum absolute atomic E-state index is 0.156. The monoisotopic (exact) mass is 339 g/mol. The maximum absolute atomic E-state index is 12.5. The number of piperazine rings is 1. The fraction of sp³-hybridized carbons (Fsp3) is 0.333. The number of amides is 2. The number of carbonyl (C=O) groups is 2. The van der Waals surface area contributed by atoms with Gasteiger partial charge in [0.2, 0.25) is 6.41 Å². The van der Waals surface area contributed by atoms with E-state index in [1.165, 1.54) is 11.8 Å². The molecule has 2 amide bonds. The lowest BCUT2D eigenvalue weighted by Crippen LogP contribution is -2.48. The third kappa shape index (κ3) is 3.93. The molecule has 0 bridgehead atoms. The van der Waals surface area contributed by atoms with Crippen LogP contribution in [0.2, 0.25) is 0 Å². The molecule has 7 heteroatoms. The Morgan fingerprint density at radius 2 is 1.88 bits per heavy atom. The van der Waals surface area contributed by atoms with Gasteiger partial charge in [0.15, 0.2) is 0 Å². The summed E-state index contributed by atoms with van der Waals surface area (Å²) in [5.74, 6) is 0.436. The molecule has 1 aliphatic rings. The molecule has 1 fully saturated rings. The van der Waals surface area contributed by atoms with E-state index in [2.05, 4.69) is 21.4 Å². The van der Waals surface area contributed by atoms with Gasteiger partial charge in [-0.1, -0.05) is 17.7 Å². The van der Waals surface area contributed by atoms with E-state index < -0.39 is 0 Å². The van der Waals surface area contributed by atoms with Crippen molar-refractivity contribution in [2.45, 2.75) is 13.8 Å². The summed E-state index contributed by atoms with van der Waals surface area (Å²) in [6.45, 7) is 6.21. The maximum Gasteiger partial charge on any atom is 0.274 e. The predicted molar refractivity (Wildman–Crippen MR) is 94.8 cm³/mol. The molecule has 1 saturated heterocycles. The van der Waals surface area contributed by atoms with Crippen molar-refractivity contribution in [1.82, 2.24) is 19.8 Å². The highest BCUT2D eigenvalue weighted by molar-refractivity contribution is 5.92. The zero-order chi connectivity index (χ0) is 17.8. The standard InChI is InChI=1S/C18H21N5O2/c1-13-3-4-15(14(2)9-13)21-17-11-19-16(10-20-17)18(25)23-7-5-22(12-24)6-8-23/h3-4,9-12H,5-8H2,1-2H3,(H,20,21). The Hall–Kier alpha value is -2.96. The first-order chi connectivity index (χ1) is 12.1. The summed E-state index contributed by atoms with van der Waals surface area (Å²) in [6.07, 6.45) is 3.86. The van der Waals surface area contributed by atoms with E-state index in [-0.39, 0.29) is 5.91 Å². The van der Waals surface area contributed by atoms with Gasteiger partial charge >= 0.3 is 0 Å². The number of anilines is 2. The lowest BCUT2D eigenvalue weighted by molar-refractivity contribution is -0.119. The van der Waals surface area contributed by atoms with Gasteiger partial charge in [-0.3, -0.25) is 9.59 Å². The molecule has 1 aromatic heterocycles. The van der Waals surface area contributed by atoms with E-state index in [0.717, 1.165) is 17.7 Å². The number of aryl methyl sites for hydroxylation is 2. The van der Waals surface area contributed by atoms with Gasteiger partial charge in [0.25, 0.3) is 5.91 Å². The summed E-state index contributed by atoms with van der Waals surface area (Å²) in [6, 6.07) is 6.12. The van der Waals surface area contributed by atoms with E-state index in [1.807, 2.05) is 26.0 Å². The molecule has 0 radical (unpaired) electrons. The summed E-state index contributed by atoms with van der Waals surface area (Å²) in [4.78, 5) is 35.1. The fourth-order valence-corrected chi connectivity index (χ4v) is 2.79. The molecule has 2 aromatic rings. The van der Waals surface area contributed by atoms with Crippen molar-refractivity contribution in [3.8, 4) is 0 Å². The lowest BCUT2D eigenvalue weighted by Gasteiger charge is -2.32. The molecule has 0 spiro atoms. The number of nitrogens with zero attached hydrogens (tertiary/aromatic N) is 4. The van der Waals surface area contributed by atoms with Crippen molar-refractivity contribution in [1.29, 1.82) is 0 Å². The SMILES string of the molecule is Cc1ccc(Nc2cnc(C(=O)N3CCN(C=O)CC3)cn2)c(C)c1. The lowest BCUT2D eigenvalue weighted by atomic mass is 10.1. The second-order valence-corrected chi connectivity index (χ2v) is 6.16. The first-order valence-corrected chi connectivity index (χ1v) is 8.22. The third-order valence-electron chi connectivity index (χ3n) is 4.27. The Morgan fingerprint density at radius 3 is 2.48 bits per heavy atom. The number of carbonyl (C=O) groups excluding carboxylic acids is 2. The van der Waals surface area contributed by atoms with Crippen molar-refractivity contribution in [3.63, 3.8) is 0 Å². The first kappa shape index (κ1) is 16.9. The summed E-state index contributed by atoms with van der Waals surface area (Å²) in [5, 5.41) is 3.21. The number of hydrogen-bond acceptors (Lipinski definition) is 5. The second kappa shape index (κ2) is 7.29. The van der Waals surface area contributed by atoms with Crippen molar-refractivity contribution in [3.05, 3.63) is 47.4 Å². The fourth-order valence-electron chi connectivity index (χ4n) is 2.79. The Labute approximate surface area is 146 Å². The van der Waals surface area contributed by atoms with Gasteiger partial charge < -0.3 is 15.1 Å². The molecule has 1 aliphatic heterocycles.